The SMILES string of the molecule is CSCCNS(=O)(=O)c1cc(CO)cs1. The highest BCUT2D eigenvalue weighted by Gasteiger charge is 2.15. The molecule has 7 heteroatoms. The topological polar surface area (TPSA) is 66.4 Å². The lowest BCUT2D eigenvalue weighted by Gasteiger charge is -2.02. The minimum atomic E-state index is -3.38. The largest absolute Gasteiger partial charge is 0.392 e. The molecule has 0 aliphatic rings. The van der Waals surface area contributed by atoms with Crippen LogP contribution in [0.3, 0.4) is 0 Å². The lowest BCUT2D eigenvalue weighted by Crippen LogP contribution is -2.25. The summed E-state index contributed by atoms with van der Waals surface area (Å²) < 4.78 is 26.0. The van der Waals surface area contributed by atoms with Crippen molar-refractivity contribution in [2.45, 2.75) is 10.8 Å². The third kappa shape index (κ3) is 3.76. The maximum atomic E-state index is 11.6. The Kier molecular flexibility index (Phi) is 5.07. The van der Waals surface area contributed by atoms with E-state index >= 15 is 0 Å². The van der Waals surface area contributed by atoms with Crippen molar-refractivity contribution in [1.29, 1.82) is 0 Å². The first-order chi connectivity index (χ1) is 7.10. The lowest BCUT2D eigenvalue weighted by atomic mass is 10.4. The molecule has 0 radical (unpaired) electrons. The molecule has 4 nitrogen and oxygen atoms in total. The monoisotopic (exact) mass is 267 g/mol. The van der Waals surface area contributed by atoms with Crippen molar-refractivity contribution < 1.29 is 13.5 Å². The number of thiophene rings is 1. The zero-order chi connectivity index (χ0) is 11.3. The van der Waals surface area contributed by atoms with Gasteiger partial charge < -0.3 is 5.11 Å². The van der Waals surface area contributed by atoms with Gasteiger partial charge in [0, 0.05) is 12.3 Å². The number of hydrogen-bond acceptors (Lipinski definition) is 5. The van der Waals surface area contributed by atoms with E-state index in [1.54, 1.807) is 17.1 Å². The van der Waals surface area contributed by atoms with Crippen molar-refractivity contribution >= 4 is 33.1 Å². The highest BCUT2D eigenvalue weighted by atomic mass is 32.2. The fraction of sp³-hybridized carbons (Fsp3) is 0.500. The van der Waals surface area contributed by atoms with Gasteiger partial charge >= 0.3 is 0 Å². The Balaban J connectivity index is 2.68. The Hall–Kier alpha value is -0.0800. The molecule has 1 aromatic rings. The molecular weight excluding hydrogens is 254 g/mol. The van der Waals surface area contributed by atoms with Gasteiger partial charge in [-0.05, 0) is 23.3 Å². The van der Waals surface area contributed by atoms with Gasteiger partial charge in [-0.3, -0.25) is 0 Å². The van der Waals surface area contributed by atoms with Crippen molar-refractivity contribution in [3.63, 3.8) is 0 Å². The average molecular weight is 267 g/mol. The number of nitrogens with one attached hydrogen (secondary N) is 1. The molecule has 0 aliphatic carbocycles. The zero-order valence-electron chi connectivity index (χ0n) is 8.26. The molecular formula is C8H13NO3S3. The molecule has 0 aromatic carbocycles. The average Bonchev–Trinajstić information content (AvgIpc) is 2.66. The molecule has 1 rings (SSSR count). The summed E-state index contributed by atoms with van der Waals surface area (Å²) in [6.45, 7) is 0.298. The fourth-order valence-electron chi connectivity index (χ4n) is 0.926. The molecule has 0 fully saturated rings. The third-order valence-electron chi connectivity index (χ3n) is 1.68. The minimum absolute atomic E-state index is 0.128. The van der Waals surface area contributed by atoms with Gasteiger partial charge in [-0.1, -0.05) is 0 Å². The third-order valence-corrected chi connectivity index (χ3v) is 5.24. The van der Waals surface area contributed by atoms with E-state index in [0.29, 0.717) is 12.1 Å². The summed E-state index contributed by atoms with van der Waals surface area (Å²) in [5.74, 6) is 0.747. The molecule has 1 aromatic heterocycles. The van der Waals surface area contributed by atoms with Crippen LogP contribution in [0.1, 0.15) is 5.56 Å². The predicted molar refractivity (Wildman–Crippen MR) is 63.8 cm³/mol. The van der Waals surface area contributed by atoms with Crippen LogP contribution in [0.2, 0.25) is 0 Å². The van der Waals surface area contributed by atoms with Crippen LogP contribution in [0, 0.1) is 0 Å². The number of thioether (sulfide) groups is 1. The molecule has 0 bridgehead atoms. The Morgan fingerprint density at radius 3 is 2.87 bits per heavy atom. The first-order valence-electron chi connectivity index (χ1n) is 4.27. The smallest absolute Gasteiger partial charge is 0.250 e. The van der Waals surface area contributed by atoms with Crippen LogP contribution < -0.4 is 4.72 Å². The maximum Gasteiger partial charge on any atom is 0.250 e. The van der Waals surface area contributed by atoms with E-state index in [-0.39, 0.29) is 10.8 Å². The van der Waals surface area contributed by atoms with Gasteiger partial charge in [0.25, 0.3) is 0 Å². The highest BCUT2D eigenvalue weighted by molar-refractivity contribution is 7.98. The van der Waals surface area contributed by atoms with E-state index in [0.717, 1.165) is 17.1 Å². The minimum Gasteiger partial charge on any atom is -0.392 e. The summed E-state index contributed by atoms with van der Waals surface area (Å²) in [5, 5.41) is 10.5. The molecule has 1 heterocycles. The molecule has 15 heavy (non-hydrogen) atoms. The van der Waals surface area contributed by atoms with Crippen molar-refractivity contribution in [2.75, 3.05) is 18.6 Å². The molecule has 86 valence electrons. The summed E-state index contributed by atoms with van der Waals surface area (Å²) in [6, 6.07) is 1.49. The number of aliphatic hydroxyl groups excluding tert-OH is 1. The van der Waals surface area contributed by atoms with Gasteiger partial charge in [0.1, 0.15) is 4.21 Å². The molecule has 0 spiro atoms. The van der Waals surface area contributed by atoms with Crippen LogP contribution >= 0.6 is 23.1 Å². The van der Waals surface area contributed by atoms with Crippen LogP contribution in [0.25, 0.3) is 0 Å². The van der Waals surface area contributed by atoms with E-state index < -0.39 is 10.0 Å². The highest BCUT2D eigenvalue weighted by Crippen LogP contribution is 2.19. The summed E-state index contributed by atoms with van der Waals surface area (Å²) >= 11 is 2.71. The Morgan fingerprint density at radius 1 is 1.60 bits per heavy atom. The molecule has 2 N–H and O–H groups in total. The Bertz CT molecular complexity index is 399. The maximum absolute atomic E-state index is 11.6. The first kappa shape index (κ1) is 13.0. The van der Waals surface area contributed by atoms with Gasteiger partial charge in [0.05, 0.1) is 6.61 Å². The summed E-state index contributed by atoms with van der Waals surface area (Å²) in [6.07, 6.45) is 1.92. The molecule has 0 atom stereocenters. The van der Waals surface area contributed by atoms with Crippen LogP contribution in [-0.2, 0) is 16.6 Å². The molecule has 0 saturated carbocycles. The van der Waals surface area contributed by atoms with Crippen molar-refractivity contribution in [3.8, 4) is 0 Å². The second-order valence-corrected chi connectivity index (χ2v) is 6.71. The van der Waals surface area contributed by atoms with E-state index in [1.807, 2.05) is 6.26 Å². The predicted octanol–water partition coefficient (Wildman–Crippen LogP) is 0.882. The van der Waals surface area contributed by atoms with Gasteiger partial charge in [-0.25, -0.2) is 13.1 Å². The normalized spacial score (nSPS) is 11.9. The van der Waals surface area contributed by atoms with E-state index in [1.165, 1.54) is 6.07 Å². The quantitative estimate of drug-likeness (QED) is 0.751. The van der Waals surface area contributed by atoms with Crippen LogP contribution in [-0.4, -0.2) is 32.1 Å². The Labute approximate surface area is 97.8 Å². The number of rotatable bonds is 6. The zero-order valence-corrected chi connectivity index (χ0v) is 10.7. The van der Waals surface area contributed by atoms with Gasteiger partial charge in [0.2, 0.25) is 10.0 Å². The van der Waals surface area contributed by atoms with Gasteiger partial charge in [-0.15, -0.1) is 11.3 Å². The van der Waals surface area contributed by atoms with Gasteiger partial charge in [-0.2, -0.15) is 11.8 Å². The summed E-state index contributed by atoms with van der Waals surface area (Å²) in [4.78, 5) is 0. The van der Waals surface area contributed by atoms with E-state index in [4.69, 9.17) is 5.11 Å². The summed E-state index contributed by atoms with van der Waals surface area (Å²) in [5.41, 5.74) is 0.630. The summed E-state index contributed by atoms with van der Waals surface area (Å²) in [7, 11) is -3.38. The number of aliphatic hydroxyl groups is 1. The van der Waals surface area contributed by atoms with Crippen molar-refractivity contribution in [1.82, 2.24) is 4.72 Å². The van der Waals surface area contributed by atoms with E-state index in [9.17, 15) is 8.42 Å². The Morgan fingerprint density at radius 2 is 2.33 bits per heavy atom. The standard InChI is InChI=1S/C8H13NO3S3/c1-13-3-2-9-15(11,12)8-4-7(5-10)6-14-8/h4,6,9-10H,2-3,5H2,1H3. The number of sulfonamides is 1. The first-order valence-corrected chi connectivity index (χ1v) is 8.02. The van der Waals surface area contributed by atoms with Gasteiger partial charge in [0.15, 0.2) is 0 Å². The molecule has 0 amide bonds. The second kappa shape index (κ2) is 5.86. The molecule has 0 unspecified atom stereocenters. The van der Waals surface area contributed by atoms with Crippen LogP contribution in [0.4, 0.5) is 0 Å². The molecule has 0 saturated heterocycles. The number of hydrogen-bond donors (Lipinski definition) is 2. The fourth-order valence-corrected chi connectivity index (χ4v) is 3.64. The molecule has 0 aliphatic heterocycles. The second-order valence-electron chi connectivity index (χ2n) is 2.82. The van der Waals surface area contributed by atoms with Crippen molar-refractivity contribution in [2.24, 2.45) is 0 Å². The lowest BCUT2D eigenvalue weighted by molar-refractivity contribution is 0.282. The van der Waals surface area contributed by atoms with Crippen LogP contribution in [0.5, 0.6) is 0 Å². The van der Waals surface area contributed by atoms with E-state index in [2.05, 4.69) is 4.72 Å². The van der Waals surface area contributed by atoms with Crippen LogP contribution in [0.15, 0.2) is 15.7 Å². The van der Waals surface area contributed by atoms with Crippen molar-refractivity contribution in [3.05, 3.63) is 17.0 Å².